The lowest BCUT2D eigenvalue weighted by Crippen LogP contribution is -2.51. The van der Waals surface area contributed by atoms with Gasteiger partial charge in [-0.25, -0.2) is 0 Å². The summed E-state index contributed by atoms with van der Waals surface area (Å²) in [4.78, 5) is 6.62. The SMILES string of the molecule is CN=C(NCC1(O)CCc2ccccc21)N1CCOC(c2cnn(C)c2)C1.I. The number of morpholine rings is 1. The van der Waals surface area contributed by atoms with Crippen LogP contribution in [0.4, 0.5) is 0 Å². The van der Waals surface area contributed by atoms with Gasteiger partial charge in [-0.1, -0.05) is 24.3 Å². The lowest BCUT2D eigenvalue weighted by atomic mass is 9.96. The number of nitrogens with zero attached hydrogens (tertiary/aromatic N) is 4. The van der Waals surface area contributed by atoms with Gasteiger partial charge in [0.15, 0.2) is 5.96 Å². The van der Waals surface area contributed by atoms with E-state index in [9.17, 15) is 5.11 Å². The number of nitrogens with one attached hydrogen (secondary N) is 1. The topological polar surface area (TPSA) is 74.9 Å². The van der Waals surface area contributed by atoms with Crippen molar-refractivity contribution in [1.29, 1.82) is 0 Å². The lowest BCUT2D eigenvalue weighted by molar-refractivity contribution is -0.00909. The molecule has 0 saturated carbocycles. The first-order valence-corrected chi connectivity index (χ1v) is 9.45. The normalized spacial score (nSPS) is 24.6. The van der Waals surface area contributed by atoms with Crippen LogP contribution >= 0.6 is 24.0 Å². The van der Waals surface area contributed by atoms with Gasteiger partial charge in [-0.15, -0.1) is 24.0 Å². The highest BCUT2D eigenvalue weighted by Gasteiger charge is 2.37. The van der Waals surface area contributed by atoms with Crippen LogP contribution in [-0.4, -0.2) is 59.0 Å². The second-order valence-corrected chi connectivity index (χ2v) is 7.34. The molecule has 1 aliphatic carbocycles. The van der Waals surface area contributed by atoms with E-state index in [0.717, 1.165) is 36.5 Å². The molecule has 7 nitrogen and oxygen atoms in total. The van der Waals surface area contributed by atoms with Crippen LogP contribution in [-0.2, 0) is 23.8 Å². The quantitative estimate of drug-likeness (QED) is 0.385. The fourth-order valence-electron chi connectivity index (χ4n) is 4.06. The number of hydrogen-bond acceptors (Lipinski definition) is 4. The van der Waals surface area contributed by atoms with E-state index in [2.05, 4.69) is 26.4 Å². The monoisotopic (exact) mass is 497 g/mol. The van der Waals surface area contributed by atoms with Gasteiger partial charge in [-0.05, 0) is 24.0 Å². The summed E-state index contributed by atoms with van der Waals surface area (Å²) in [5.74, 6) is 0.796. The van der Waals surface area contributed by atoms with Gasteiger partial charge >= 0.3 is 0 Å². The first-order valence-electron chi connectivity index (χ1n) is 9.45. The molecule has 0 amide bonds. The molecule has 1 saturated heterocycles. The number of fused-ring (bicyclic) bond motifs is 1. The number of aliphatic hydroxyl groups is 1. The van der Waals surface area contributed by atoms with Gasteiger partial charge < -0.3 is 20.1 Å². The molecule has 0 spiro atoms. The van der Waals surface area contributed by atoms with Crippen molar-refractivity contribution in [3.63, 3.8) is 0 Å². The number of ether oxygens (including phenoxy) is 1. The van der Waals surface area contributed by atoms with Crippen LogP contribution in [0.3, 0.4) is 0 Å². The number of aryl methyl sites for hydroxylation is 2. The second kappa shape index (κ2) is 8.79. The van der Waals surface area contributed by atoms with Gasteiger partial charge in [-0.3, -0.25) is 9.67 Å². The van der Waals surface area contributed by atoms with E-state index in [1.165, 1.54) is 5.56 Å². The minimum absolute atomic E-state index is 0. The van der Waals surface area contributed by atoms with E-state index in [1.54, 1.807) is 11.7 Å². The van der Waals surface area contributed by atoms with E-state index in [4.69, 9.17) is 4.74 Å². The summed E-state index contributed by atoms with van der Waals surface area (Å²) >= 11 is 0. The largest absolute Gasteiger partial charge is 0.383 e. The first kappa shape index (κ1) is 21.1. The summed E-state index contributed by atoms with van der Waals surface area (Å²) in [6.45, 7) is 2.56. The Kier molecular flexibility index (Phi) is 6.61. The van der Waals surface area contributed by atoms with Crippen molar-refractivity contribution >= 4 is 29.9 Å². The molecule has 0 bridgehead atoms. The number of aromatic nitrogens is 2. The Morgan fingerprint density at radius 2 is 2.25 bits per heavy atom. The fourth-order valence-corrected chi connectivity index (χ4v) is 4.06. The zero-order valence-corrected chi connectivity index (χ0v) is 18.7. The van der Waals surface area contributed by atoms with Crippen molar-refractivity contribution in [2.24, 2.45) is 12.0 Å². The maximum absolute atomic E-state index is 11.1. The van der Waals surface area contributed by atoms with Gasteiger partial charge in [0, 0.05) is 32.4 Å². The maximum Gasteiger partial charge on any atom is 0.193 e. The molecule has 28 heavy (non-hydrogen) atoms. The van der Waals surface area contributed by atoms with Crippen LogP contribution in [0, 0.1) is 0 Å². The summed E-state index contributed by atoms with van der Waals surface area (Å²) < 4.78 is 7.71. The third kappa shape index (κ3) is 4.18. The van der Waals surface area contributed by atoms with Gasteiger partial charge in [0.2, 0.25) is 0 Å². The van der Waals surface area contributed by atoms with E-state index in [-0.39, 0.29) is 30.1 Å². The smallest absolute Gasteiger partial charge is 0.193 e. The zero-order valence-electron chi connectivity index (χ0n) is 16.3. The van der Waals surface area contributed by atoms with Crippen molar-refractivity contribution in [2.75, 3.05) is 33.3 Å². The molecule has 1 aromatic heterocycles. The van der Waals surface area contributed by atoms with E-state index >= 15 is 0 Å². The van der Waals surface area contributed by atoms with Crippen LogP contribution in [0.1, 0.15) is 29.2 Å². The Labute approximate surface area is 182 Å². The van der Waals surface area contributed by atoms with Crippen molar-refractivity contribution in [1.82, 2.24) is 20.0 Å². The minimum Gasteiger partial charge on any atom is -0.383 e. The minimum atomic E-state index is -0.846. The van der Waals surface area contributed by atoms with Crippen LogP contribution in [0.2, 0.25) is 0 Å². The predicted molar refractivity (Wildman–Crippen MR) is 119 cm³/mol. The highest BCUT2D eigenvalue weighted by molar-refractivity contribution is 14.0. The molecule has 152 valence electrons. The van der Waals surface area contributed by atoms with Crippen LogP contribution in [0.25, 0.3) is 0 Å². The molecule has 2 heterocycles. The zero-order chi connectivity index (χ0) is 18.9. The van der Waals surface area contributed by atoms with Gasteiger partial charge in [0.1, 0.15) is 11.7 Å². The molecule has 1 fully saturated rings. The molecular weight excluding hydrogens is 469 g/mol. The molecule has 2 atom stereocenters. The summed E-state index contributed by atoms with van der Waals surface area (Å²) in [6, 6.07) is 8.15. The number of aliphatic imine (C=N–C) groups is 1. The Hall–Kier alpha value is -1.65. The third-order valence-electron chi connectivity index (χ3n) is 5.54. The number of halogens is 1. The molecule has 2 aromatic rings. The first-order chi connectivity index (χ1) is 13.1. The van der Waals surface area contributed by atoms with E-state index in [0.29, 0.717) is 19.7 Å². The number of guanidine groups is 1. The number of rotatable bonds is 3. The average Bonchev–Trinajstić information content (AvgIpc) is 3.27. The lowest BCUT2D eigenvalue weighted by Gasteiger charge is -2.36. The Morgan fingerprint density at radius 3 is 3.00 bits per heavy atom. The summed E-state index contributed by atoms with van der Waals surface area (Å²) in [6.07, 6.45) is 5.46. The second-order valence-electron chi connectivity index (χ2n) is 7.34. The van der Waals surface area contributed by atoms with Crippen LogP contribution < -0.4 is 5.32 Å². The molecule has 0 radical (unpaired) electrons. The molecule has 1 aliphatic heterocycles. The fraction of sp³-hybridized carbons (Fsp3) is 0.500. The molecule has 2 aliphatic rings. The Morgan fingerprint density at radius 1 is 1.43 bits per heavy atom. The van der Waals surface area contributed by atoms with Crippen molar-refractivity contribution in [3.8, 4) is 0 Å². The highest BCUT2D eigenvalue weighted by Crippen LogP contribution is 2.36. The number of hydrogen-bond donors (Lipinski definition) is 2. The maximum atomic E-state index is 11.1. The van der Waals surface area contributed by atoms with Crippen LogP contribution in [0.5, 0.6) is 0 Å². The standard InChI is InChI=1S/C20H27N5O2.HI/c1-21-19(22-14-20(26)8-7-15-5-3-4-6-17(15)20)25-9-10-27-18(13-25)16-11-23-24(2)12-16;/h3-6,11-12,18,26H,7-10,13-14H2,1-2H3,(H,21,22);1H. The van der Waals surface area contributed by atoms with Crippen molar-refractivity contribution in [2.45, 2.75) is 24.5 Å². The van der Waals surface area contributed by atoms with Crippen molar-refractivity contribution < 1.29 is 9.84 Å². The van der Waals surface area contributed by atoms with Gasteiger partial charge in [-0.2, -0.15) is 5.10 Å². The Bertz CT molecular complexity index is 840. The molecule has 2 N–H and O–H groups in total. The third-order valence-corrected chi connectivity index (χ3v) is 5.54. The van der Waals surface area contributed by atoms with E-state index in [1.807, 2.05) is 37.6 Å². The molecular formula is C20H28IN5O2. The average molecular weight is 497 g/mol. The molecule has 2 unspecified atom stereocenters. The summed E-state index contributed by atoms with van der Waals surface area (Å²) in [5, 5.41) is 18.8. The van der Waals surface area contributed by atoms with Crippen molar-refractivity contribution in [3.05, 3.63) is 53.3 Å². The Balaban J connectivity index is 0.00000225. The van der Waals surface area contributed by atoms with E-state index < -0.39 is 5.60 Å². The van der Waals surface area contributed by atoms with Gasteiger partial charge in [0.05, 0.1) is 25.9 Å². The van der Waals surface area contributed by atoms with Gasteiger partial charge in [0.25, 0.3) is 0 Å². The molecule has 1 aromatic carbocycles. The molecule has 8 heteroatoms. The molecule has 4 rings (SSSR count). The highest BCUT2D eigenvalue weighted by atomic mass is 127. The summed E-state index contributed by atoms with van der Waals surface area (Å²) in [7, 11) is 3.69. The predicted octanol–water partition coefficient (Wildman–Crippen LogP) is 1.82. The van der Waals surface area contributed by atoms with Crippen LogP contribution in [0.15, 0.2) is 41.7 Å². The summed E-state index contributed by atoms with van der Waals surface area (Å²) in [5.41, 5.74) is 2.49. The number of benzene rings is 1.